The van der Waals surface area contributed by atoms with E-state index in [4.69, 9.17) is 37.8 Å². The third kappa shape index (κ3) is 3.85. The molecule has 0 spiro atoms. The molecule has 1 heterocycles. The molecule has 0 aromatic heterocycles. The lowest BCUT2D eigenvalue weighted by Crippen LogP contribution is -2.59. The third-order valence-corrected chi connectivity index (χ3v) is 3.85. The third-order valence-electron chi connectivity index (χ3n) is 3.27. The molecule has 0 saturated carbocycles. The van der Waals surface area contributed by atoms with Crippen LogP contribution in [0, 0.1) is 0 Å². The summed E-state index contributed by atoms with van der Waals surface area (Å²) in [6.07, 6.45) is -6.51. The Balaban J connectivity index is 2.01. The highest BCUT2D eigenvalue weighted by atomic mass is 35.5. The SMILES string of the molecule is OC[C@H]1O[C@@H](OCc2ccc(Cl)cc2Cl)[C@H](O)[C@@H](O)[C@H]1O. The molecule has 1 aliphatic heterocycles. The van der Waals surface area contributed by atoms with Crippen molar-refractivity contribution in [2.75, 3.05) is 6.61 Å². The normalized spacial score (nSPS) is 33.1. The molecule has 21 heavy (non-hydrogen) atoms. The van der Waals surface area contributed by atoms with E-state index in [2.05, 4.69) is 0 Å². The van der Waals surface area contributed by atoms with Gasteiger partial charge in [-0.2, -0.15) is 0 Å². The fourth-order valence-electron chi connectivity index (χ4n) is 2.02. The van der Waals surface area contributed by atoms with Crippen LogP contribution < -0.4 is 0 Å². The molecular formula is C13H16Cl2O6. The molecule has 8 heteroatoms. The van der Waals surface area contributed by atoms with Gasteiger partial charge in [0.1, 0.15) is 24.4 Å². The molecular weight excluding hydrogens is 323 g/mol. The molecule has 0 radical (unpaired) electrons. The van der Waals surface area contributed by atoms with Crippen LogP contribution in [0.2, 0.25) is 10.0 Å². The van der Waals surface area contributed by atoms with Gasteiger partial charge in [0.15, 0.2) is 6.29 Å². The Labute approximate surface area is 131 Å². The quantitative estimate of drug-likeness (QED) is 0.630. The monoisotopic (exact) mass is 338 g/mol. The Kier molecular flexibility index (Phi) is 5.81. The van der Waals surface area contributed by atoms with Crippen molar-refractivity contribution < 1.29 is 29.9 Å². The zero-order valence-electron chi connectivity index (χ0n) is 10.9. The smallest absolute Gasteiger partial charge is 0.187 e. The minimum absolute atomic E-state index is 0.0126. The molecule has 4 N–H and O–H groups in total. The van der Waals surface area contributed by atoms with Gasteiger partial charge in [-0.3, -0.25) is 0 Å². The van der Waals surface area contributed by atoms with E-state index in [9.17, 15) is 15.3 Å². The summed E-state index contributed by atoms with van der Waals surface area (Å²) in [5.74, 6) is 0. The molecule has 0 amide bonds. The number of hydrogen-bond acceptors (Lipinski definition) is 6. The minimum Gasteiger partial charge on any atom is -0.394 e. The fraction of sp³-hybridized carbons (Fsp3) is 0.538. The van der Waals surface area contributed by atoms with Gasteiger partial charge >= 0.3 is 0 Å². The maximum absolute atomic E-state index is 9.82. The lowest BCUT2D eigenvalue weighted by molar-refractivity contribution is -0.304. The van der Waals surface area contributed by atoms with Gasteiger partial charge < -0.3 is 29.9 Å². The predicted octanol–water partition coefficient (Wildman–Crippen LogP) is 0.310. The van der Waals surface area contributed by atoms with Gasteiger partial charge in [-0.25, -0.2) is 0 Å². The average molecular weight is 339 g/mol. The van der Waals surface area contributed by atoms with Crippen molar-refractivity contribution in [2.24, 2.45) is 0 Å². The zero-order chi connectivity index (χ0) is 15.6. The number of benzene rings is 1. The molecule has 1 aromatic carbocycles. The van der Waals surface area contributed by atoms with Crippen molar-refractivity contribution in [1.29, 1.82) is 0 Å². The Bertz CT molecular complexity index is 484. The van der Waals surface area contributed by atoms with E-state index in [1.807, 2.05) is 0 Å². The summed E-state index contributed by atoms with van der Waals surface area (Å²) in [4.78, 5) is 0. The Hall–Kier alpha value is -0.440. The van der Waals surface area contributed by atoms with Crippen LogP contribution in [-0.4, -0.2) is 57.7 Å². The van der Waals surface area contributed by atoms with Crippen LogP contribution in [0.15, 0.2) is 18.2 Å². The van der Waals surface area contributed by atoms with E-state index >= 15 is 0 Å². The number of halogens is 2. The Morgan fingerprint density at radius 3 is 2.43 bits per heavy atom. The zero-order valence-corrected chi connectivity index (χ0v) is 12.4. The lowest BCUT2D eigenvalue weighted by Gasteiger charge is -2.39. The second-order valence-electron chi connectivity index (χ2n) is 4.74. The molecule has 1 aromatic rings. The molecule has 0 unspecified atom stereocenters. The largest absolute Gasteiger partial charge is 0.394 e. The van der Waals surface area contributed by atoms with Gasteiger partial charge in [0, 0.05) is 10.0 Å². The summed E-state index contributed by atoms with van der Waals surface area (Å²) >= 11 is 11.8. The number of aliphatic hydroxyl groups is 4. The predicted molar refractivity (Wildman–Crippen MR) is 75.0 cm³/mol. The lowest BCUT2D eigenvalue weighted by atomic mass is 9.99. The number of aliphatic hydroxyl groups excluding tert-OH is 4. The molecule has 1 aliphatic rings. The first kappa shape index (κ1) is 16.9. The van der Waals surface area contributed by atoms with Crippen LogP contribution >= 0.6 is 23.2 Å². The van der Waals surface area contributed by atoms with Gasteiger partial charge in [0.05, 0.1) is 13.2 Å². The van der Waals surface area contributed by atoms with Crippen molar-refractivity contribution in [3.05, 3.63) is 33.8 Å². The highest BCUT2D eigenvalue weighted by molar-refractivity contribution is 6.35. The van der Waals surface area contributed by atoms with Crippen LogP contribution in [0.5, 0.6) is 0 Å². The molecule has 5 atom stereocenters. The van der Waals surface area contributed by atoms with Gasteiger partial charge in [-0.1, -0.05) is 29.3 Å². The van der Waals surface area contributed by atoms with Crippen molar-refractivity contribution in [3.63, 3.8) is 0 Å². The summed E-state index contributed by atoms with van der Waals surface area (Å²) in [7, 11) is 0. The van der Waals surface area contributed by atoms with E-state index in [1.54, 1.807) is 18.2 Å². The second-order valence-corrected chi connectivity index (χ2v) is 5.59. The number of ether oxygens (including phenoxy) is 2. The van der Waals surface area contributed by atoms with Crippen molar-refractivity contribution in [1.82, 2.24) is 0 Å². The molecule has 118 valence electrons. The summed E-state index contributed by atoms with van der Waals surface area (Å²) in [6.45, 7) is -0.495. The first-order chi connectivity index (χ1) is 9.93. The van der Waals surface area contributed by atoms with Crippen LogP contribution in [-0.2, 0) is 16.1 Å². The van der Waals surface area contributed by atoms with E-state index in [0.29, 0.717) is 15.6 Å². The van der Waals surface area contributed by atoms with Crippen molar-refractivity contribution in [2.45, 2.75) is 37.3 Å². The molecule has 0 bridgehead atoms. The Morgan fingerprint density at radius 1 is 1.10 bits per heavy atom. The van der Waals surface area contributed by atoms with Crippen LogP contribution in [0.25, 0.3) is 0 Å². The van der Waals surface area contributed by atoms with Gasteiger partial charge in [-0.15, -0.1) is 0 Å². The maximum atomic E-state index is 9.82. The van der Waals surface area contributed by atoms with E-state index in [-0.39, 0.29) is 6.61 Å². The van der Waals surface area contributed by atoms with Crippen LogP contribution in [0.1, 0.15) is 5.56 Å². The molecule has 1 fully saturated rings. The number of rotatable bonds is 4. The maximum Gasteiger partial charge on any atom is 0.187 e. The van der Waals surface area contributed by atoms with E-state index in [1.165, 1.54) is 0 Å². The minimum atomic E-state index is -1.47. The van der Waals surface area contributed by atoms with E-state index in [0.717, 1.165) is 0 Å². The van der Waals surface area contributed by atoms with Crippen LogP contribution in [0.3, 0.4) is 0 Å². The molecule has 6 nitrogen and oxygen atoms in total. The highest BCUT2D eigenvalue weighted by Crippen LogP contribution is 2.25. The summed E-state index contributed by atoms with van der Waals surface area (Å²) in [6, 6.07) is 4.85. The van der Waals surface area contributed by atoms with Crippen molar-refractivity contribution in [3.8, 4) is 0 Å². The topological polar surface area (TPSA) is 99.4 Å². The Morgan fingerprint density at radius 2 is 1.81 bits per heavy atom. The summed E-state index contributed by atoms with van der Waals surface area (Å²) in [5, 5.41) is 39.1. The number of hydrogen-bond donors (Lipinski definition) is 4. The molecule has 0 aliphatic carbocycles. The van der Waals surface area contributed by atoms with Crippen molar-refractivity contribution >= 4 is 23.2 Å². The summed E-state index contributed by atoms with van der Waals surface area (Å²) in [5.41, 5.74) is 0.623. The standard InChI is InChI=1S/C13H16Cl2O6/c14-7-2-1-6(8(15)3-7)5-20-13-12(19)11(18)10(17)9(4-16)21-13/h1-3,9-13,16-19H,4-5H2/t9-,10+,11+,12-,13-/m1/s1. The van der Waals surface area contributed by atoms with E-state index < -0.39 is 37.3 Å². The molecule has 1 saturated heterocycles. The first-order valence-corrected chi connectivity index (χ1v) is 7.05. The second kappa shape index (κ2) is 7.21. The van der Waals surface area contributed by atoms with Gasteiger partial charge in [0.25, 0.3) is 0 Å². The average Bonchev–Trinajstić information content (AvgIpc) is 2.46. The van der Waals surface area contributed by atoms with Gasteiger partial charge in [0.2, 0.25) is 0 Å². The fourth-order valence-corrected chi connectivity index (χ4v) is 2.48. The molecule has 2 rings (SSSR count). The highest BCUT2D eigenvalue weighted by Gasteiger charge is 2.43. The summed E-state index contributed by atoms with van der Waals surface area (Å²) < 4.78 is 10.6. The van der Waals surface area contributed by atoms with Crippen LogP contribution in [0.4, 0.5) is 0 Å². The first-order valence-electron chi connectivity index (χ1n) is 6.30. The van der Waals surface area contributed by atoms with Gasteiger partial charge in [-0.05, 0) is 17.7 Å².